The minimum atomic E-state index is 0.289. The molecule has 0 unspecified atom stereocenters. The topological polar surface area (TPSA) is 47.7 Å². The van der Waals surface area contributed by atoms with Gasteiger partial charge in [-0.25, -0.2) is 0 Å². The predicted molar refractivity (Wildman–Crippen MR) is 79.7 cm³/mol. The Labute approximate surface area is 123 Å². The third-order valence-electron chi connectivity index (χ3n) is 3.49. The molecule has 0 aliphatic carbocycles. The Hall–Kier alpha value is -0.780. The van der Waals surface area contributed by atoms with Crippen molar-refractivity contribution in [1.29, 1.82) is 0 Å². The molecule has 1 heterocycles. The number of likely N-dealkylation sites (tertiary alicyclic amines) is 1. The second-order valence-electron chi connectivity index (χ2n) is 4.94. The van der Waals surface area contributed by atoms with E-state index in [0.29, 0.717) is 0 Å². The summed E-state index contributed by atoms with van der Waals surface area (Å²) in [6, 6.07) is 4.28. The largest absolute Gasteiger partial charge is 0.496 e. The van der Waals surface area contributed by atoms with E-state index < -0.39 is 0 Å². The molecule has 19 heavy (non-hydrogen) atoms. The lowest BCUT2D eigenvalue weighted by Gasteiger charge is -2.31. The number of hydrogen-bond acceptors (Lipinski definition) is 4. The van der Waals surface area contributed by atoms with Crippen molar-refractivity contribution >= 4 is 15.9 Å². The Bertz CT molecular complexity index is 440. The Morgan fingerprint density at radius 2 is 2.05 bits per heavy atom. The minimum absolute atomic E-state index is 0.289. The first-order valence-corrected chi connectivity index (χ1v) is 7.31. The van der Waals surface area contributed by atoms with E-state index >= 15 is 0 Å². The van der Waals surface area contributed by atoms with Crippen LogP contribution >= 0.6 is 15.9 Å². The lowest BCUT2D eigenvalue weighted by atomic mass is 10.1. The second-order valence-corrected chi connectivity index (χ2v) is 5.79. The summed E-state index contributed by atoms with van der Waals surface area (Å²) in [5.41, 5.74) is 7.16. The monoisotopic (exact) mass is 328 g/mol. The molecule has 5 heteroatoms. The molecule has 0 spiro atoms. The van der Waals surface area contributed by atoms with Gasteiger partial charge in [-0.1, -0.05) is 0 Å². The maximum atomic E-state index is 6.02. The number of benzene rings is 1. The van der Waals surface area contributed by atoms with Gasteiger partial charge in [0.25, 0.3) is 0 Å². The average molecular weight is 329 g/mol. The van der Waals surface area contributed by atoms with Crippen LogP contribution in [0.5, 0.6) is 11.5 Å². The predicted octanol–water partition coefficient (Wildman–Crippen LogP) is 2.39. The van der Waals surface area contributed by atoms with E-state index in [0.717, 1.165) is 54.0 Å². The number of ether oxygens (including phenoxy) is 2. The highest BCUT2D eigenvalue weighted by atomic mass is 79.9. The van der Waals surface area contributed by atoms with E-state index in [1.165, 1.54) is 0 Å². The Balaban J connectivity index is 2.18. The van der Waals surface area contributed by atoms with Crippen molar-refractivity contribution < 1.29 is 9.47 Å². The van der Waals surface area contributed by atoms with Crippen molar-refractivity contribution in [3.8, 4) is 11.5 Å². The van der Waals surface area contributed by atoms with E-state index in [1.807, 2.05) is 12.1 Å². The summed E-state index contributed by atoms with van der Waals surface area (Å²) in [6.07, 6.45) is 2.29. The first-order chi connectivity index (χ1) is 9.13. The van der Waals surface area contributed by atoms with Gasteiger partial charge < -0.3 is 15.2 Å². The SMILES string of the molecule is COc1cc(CN2CCC[C@@H](N)C2)c(OC)cc1Br. The number of nitrogens with zero attached hydrogens (tertiary/aromatic N) is 1. The highest BCUT2D eigenvalue weighted by Gasteiger charge is 2.19. The summed E-state index contributed by atoms with van der Waals surface area (Å²) >= 11 is 3.48. The molecule has 0 saturated carbocycles. The van der Waals surface area contributed by atoms with E-state index in [1.54, 1.807) is 14.2 Å². The molecule has 4 nitrogen and oxygen atoms in total. The maximum Gasteiger partial charge on any atom is 0.133 e. The van der Waals surface area contributed by atoms with Gasteiger partial charge in [0.1, 0.15) is 11.5 Å². The standard InChI is InChI=1S/C14H21BrN2O2/c1-18-13-7-12(15)14(19-2)6-10(13)8-17-5-3-4-11(16)9-17/h6-7,11H,3-5,8-9,16H2,1-2H3/t11-/m1/s1. The van der Waals surface area contributed by atoms with Gasteiger partial charge in [0.15, 0.2) is 0 Å². The first kappa shape index (κ1) is 14.6. The van der Waals surface area contributed by atoms with Crippen molar-refractivity contribution in [2.45, 2.75) is 25.4 Å². The van der Waals surface area contributed by atoms with Crippen molar-refractivity contribution in [2.75, 3.05) is 27.3 Å². The molecule has 1 atom stereocenters. The van der Waals surface area contributed by atoms with E-state index in [-0.39, 0.29) is 6.04 Å². The molecule has 1 aliphatic rings. The highest BCUT2D eigenvalue weighted by molar-refractivity contribution is 9.10. The fourth-order valence-corrected chi connectivity index (χ4v) is 3.01. The van der Waals surface area contributed by atoms with Gasteiger partial charge in [-0.3, -0.25) is 4.90 Å². The molecular weight excluding hydrogens is 308 g/mol. The van der Waals surface area contributed by atoms with Crippen LogP contribution in [0, 0.1) is 0 Å². The maximum absolute atomic E-state index is 6.02. The fraction of sp³-hybridized carbons (Fsp3) is 0.571. The lowest BCUT2D eigenvalue weighted by Crippen LogP contribution is -2.42. The van der Waals surface area contributed by atoms with Crippen LogP contribution in [0.1, 0.15) is 18.4 Å². The van der Waals surface area contributed by atoms with E-state index in [4.69, 9.17) is 15.2 Å². The fourth-order valence-electron chi connectivity index (χ4n) is 2.52. The summed E-state index contributed by atoms with van der Waals surface area (Å²) in [6.45, 7) is 2.89. The summed E-state index contributed by atoms with van der Waals surface area (Å²) < 4.78 is 11.7. The third-order valence-corrected chi connectivity index (χ3v) is 4.11. The molecular formula is C14H21BrN2O2. The van der Waals surface area contributed by atoms with Crippen molar-refractivity contribution in [3.63, 3.8) is 0 Å². The van der Waals surface area contributed by atoms with Crippen molar-refractivity contribution in [3.05, 3.63) is 22.2 Å². The van der Waals surface area contributed by atoms with Gasteiger partial charge in [-0.15, -0.1) is 0 Å². The van der Waals surface area contributed by atoms with Crippen LogP contribution in [0.3, 0.4) is 0 Å². The summed E-state index contributed by atoms with van der Waals surface area (Å²) in [5, 5.41) is 0. The van der Waals surface area contributed by atoms with Crippen LogP contribution in [-0.4, -0.2) is 38.3 Å². The van der Waals surface area contributed by atoms with Gasteiger partial charge >= 0.3 is 0 Å². The van der Waals surface area contributed by atoms with Crippen LogP contribution in [0.4, 0.5) is 0 Å². The first-order valence-electron chi connectivity index (χ1n) is 6.52. The molecule has 2 rings (SSSR count). The Morgan fingerprint density at radius 3 is 2.68 bits per heavy atom. The van der Waals surface area contributed by atoms with Gasteiger partial charge in [0, 0.05) is 24.7 Å². The average Bonchev–Trinajstić information content (AvgIpc) is 2.40. The smallest absolute Gasteiger partial charge is 0.133 e. The molecule has 1 aromatic carbocycles. The zero-order chi connectivity index (χ0) is 13.8. The molecule has 0 bridgehead atoms. The Kier molecular flexibility index (Phi) is 5.07. The second kappa shape index (κ2) is 6.59. The molecule has 0 aromatic heterocycles. The number of nitrogens with two attached hydrogens (primary N) is 1. The van der Waals surface area contributed by atoms with Gasteiger partial charge in [0.2, 0.25) is 0 Å². The lowest BCUT2D eigenvalue weighted by molar-refractivity contribution is 0.199. The Morgan fingerprint density at radius 1 is 1.32 bits per heavy atom. The molecule has 1 aliphatic heterocycles. The van der Waals surface area contributed by atoms with Crippen molar-refractivity contribution in [1.82, 2.24) is 4.90 Å². The molecule has 106 valence electrons. The molecule has 0 amide bonds. The van der Waals surface area contributed by atoms with Crippen LogP contribution < -0.4 is 15.2 Å². The third kappa shape index (κ3) is 3.61. The quantitative estimate of drug-likeness (QED) is 0.921. The number of rotatable bonds is 4. The van der Waals surface area contributed by atoms with Crippen LogP contribution in [0.25, 0.3) is 0 Å². The zero-order valence-electron chi connectivity index (χ0n) is 11.5. The van der Waals surface area contributed by atoms with Crippen LogP contribution in [0.15, 0.2) is 16.6 Å². The number of methoxy groups -OCH3 is 2. The summed E-state index contributed by atoms with van der Waals surface area (Å²) in [4.78, 5) is 2.37. The number of hydrogen-bond donors (Lipinski definition) is 1. The summed E-state index contributed by atoms with van der Waals surface area (Å²) in [5.74, 6) is 1.71. The molecule has 0 radical (unpaired) electrons. The minimum Gasteiger partial charge on any atom is -0.496 e. The van der Waals surface area contributed by atoms with Crippen LogP contribution in [0.2, 0.25) is 0 Å². The summed E-state index contributed by atoms with van der Waals surface area (Å²) in [7, 11) is 3.37. The zero-order valence-corrected chi connectivity index (χ0v) is 13.1. The highest BCUT2D eigenvalue weighted by Crippen LogP contribution is 2.33. The number of piperidine rings is 1. The van der Waals surface area contributed by atoms with Crippen LogP contribution in [-0.2, 0) is 6.54 Å². The molecule has 1 fully saturated rings. The van der Waals surface area contributed by atoms with Gasteiger partial charge in [-0.05, 0) is 47.4 Å². The van der Waals surface area contributed by atoms with Gasteiger partial charge in [-0.2, -0.15) is 0 Å². The molecule has 1 aromatic rings. The van der Waals surface area contributed by atoms with E-state index in [9.17, 15) is 0 Å². The molecule has 2 N–H and O–H groups in total. The van der Waals surface area contributed by atoms with Crippen molar-refractivity contribution in [2.24, 2.45) is 5.73 Å². The number of halogens is 1. The van der Waals surface area contributed by atoms with E-state index in [2.05, 4.69) is 20.8 Å². The van der Waals surface area contributed by atoms with Gasteiger partial charge in [0.05, 0.1) is 18.7 Å². The molecule has 1 saturated heterocycles. The normalized spacial score (nSPS) is 20.3.